The lowest BCUT2D eigenvalue weighted by atomic mass is 9.61. The third-order valence-corrected chi connectivity index (χ3v) is 9.73. The molecule has 0 saturated heterocycles. The van der Waals surface area contributed by atoms with Crippen LogP contribution < -0.4 is 0 Å². The van der Waals surface area contributed by atoms with Crippen LogP contribution in [0.15, 0.2) is 35.5 Å². The number of hydrogen-bond donors (Lipinski definition) is 3. The van der Waals surface area contributed by atoms with Crippen LogP contribution >= 0.6 is 0 Å². The molecule has 4 fully saturated rings. The van der Waals surface area contributed by atoms with Crippen molar-refractivity contribution in [2.45, 2.75) is 116 Å². The first-order chi connectivity index (χ1) is 16.2. The number of Topliss-reactive ketones (excluding diaryl/α,β-unsaturated/α-hetero) is 1. The Balaban J connectivity index is 1.43. The van der Waals surface area contributed by atoms with Crippen molar-refractivity contribution in [1.82, 2.24) is 0 Å². The molecular formula is C30H46O4. The van der Waals surface area contributed by atoms with Crippen LogP contribution in [-0.4, -0.2) is 39.4 Å². The number of carbonyl (C=O) groups excluding carboxylic acids is 1. The quantitative estimate of drug-likeness (QED) is 0.400. The highest BCUT2D eigenvalue weighted by atomic mass is 16.3. The summed E-state index contributed by atoms with van der Waals surface area (Å²) in [6.07, 6.45) is 18.1. The molecule has 34 heavy (non-hydrogen) atoms. The molecule has 0 aromatic carbocycles. The van der Waals surface area contributed by atoms with Crippen LogP contribution in [0.1, 0.15) is 97.8 Å². The Bertz CT molecular complexity index is 823. The normalized spacial score (nSPS) is 38.1. The van der Waals surface area contributed by atoms with Crippen molar-refractivity contribution in [1.29, 1.82) is 0 Å². The van der Waals surface area contributed by atoms with Gasteiger partial charge in [-0.15, -0.1) is 0 Å². The number of allylic oxidation sites excluding steroid dienone is 4. The molecule has 0 aromatic rings. The van der Waals surface area contributed by atoms with Gasteiger partial charge in [0, 0.05) is 6.42 Å². The van der Waals surface area contributed by atoms with Crippen LogP contribution in [-0.2, 0) is 4.79 Å². The molecule has 4 rings (SSSR count). The molecular weight excluding hydrogens is 424 g/mol. The fourth-order valence-electron chi connectivity index (χ4n) is 7.62. The van der Waals surface area contributed by atoms with E-state index in [0.29, 0.717) is 43.4 Å². The number of rotatable bonds is 8. The lowest BCUT2D eigenvalue weighted by molar-refractivity contribution is -0.127. The van der Waals surface area contributed by atoms with Gasteiger partial charge in [-0.05, 0) is 93.8 Å². The summed E-state index contributed by atoms with van der Waals surface area (Å²) in [5.41, 5.74) is 2.47. The minimum absolute atomic E-state index is 0.238. The first-order valence-electron chi connectivity index (χ1n) is 13.8. The van der Waals surface area contributed by atoms with Crippen LogP contribution in [0.25, 0.3) is 0 Å². The van der Waals surface area contributed by atoms with E-state index >= 15 is 0 Å². The van der Waals surface area contributed by atoms with Crippen LogP contribution in [0, 0.1) is 28.6 Å². The Morgan fingerprint density at radius 3 is 2.44 bits per heavy atom. The Morgan fingerprint density at radius 2 is 1.79 bits per heavy atom. The third-order valence-electron chi connectivity index (χ3n) is 9.73. The summed E-state index contributed by atoms with van der Waals surface area (Å²) >= 11 is 0. The van der Waals surface area contributed by atoms with Crippen molar-refractivity contribution >= 4 is 5.78 Å². The molecule has 190 valence electrons. The van der Waals surface area contributed by atoms with Crippen molar-refractivity contribution in [2.75, 3.05) is 0 Å². The molecule has 0 aromatic heterocycles. The van der Waals surface area contributed by atoms with Crippen LogP contribution in [0.4, 0.5) is 0 Å². The summed E-state index contributed by atoms with van der Waals surface area (Å²) in [7, 11) is 0. The lowest BCUT2D eigenvalue weighted by Crippen LogP contribution is -2.35. The summed E-state index contributed by atoms with van der Waals surface area (Å²) in [6, 6.07) is 0. The van der Waals surface area contributed by atoms with E-state index in [2.05, 4.69) is 32.1 Å². The van der Waals surface area contributed by atoms with Crippen LogP contribution in [0.2, 0.25) is 0 Å². The van der Waals surface area contributed by atoms with Gasteiger partial charge in [-0.25, -0.2) is 0 Å². The lowest BCUT2D eigenvalue weighted by Gasteiger charge is -2.44. The van der Waals surface area contributed by atoms with Crippen molar-refractivity contribution < 1.29 is 20.1 Å². The topological polar surface area (TPSA) is 77.8 Å². The molecule has 0 amide bonds. The highest BCUT2D eigenvalue weighted by Gasteiger charge is 2.54. The second-order valence-electron chi connectivity index (χ2n) is 12.1. The molecule has 0 radical (unpaired) electrons. The van der Waals surface area contributed by atoms with E-state index < -0.39 is 23.7 Å². The standard InChI is InChI=1S/C30H46O4/c1-4-6-27(33)30(15-16-30)28(34)13-8-20(2)25-11-12-26-22(7-5-14-29(25,26)3)10-9-21-17-23(31)19-24(32)18-21/h8-10,13,20,23-26,28,31-32,34H,4-7,11-12,14-19H2,1-3H3/b13-8+,22-10+/t20-,23-,24-,25-,26+,28+,29-/m1/s1. The zero-order valence-corrected chi connectivity index (χ0v) is 21.5. The van der Waals surface area contributed by atoms with Crippen molar-refractivity contribution in [3.63, 3.8) is 0 Å². The van der Waals surface area contributed by atoms with Gasteiger partial charge in [0.15, 0.2) is 0 Å². The number of carbonyl (C=O) groups is 1. The van der Waals surface area contributed by atoms with Gasteiger partial charge in [0.25, 0.3) is 0 Å². The molecule has 0 bridgehead atoms. The Kier molecular flexibility index (Phi) is 7.91. The highest BCUT2D eigenvalue weighted by Crippen LogP contribution is 2.59. The van der Waals surface area contributed by atoms with Gasteiger partial charge in [0.05, 0.1) is 23.7 Å². The zero-order chi connectivity index (χ0) is 24.5. The van der Waals surface area contributed by atoms with E-state index in [1.165, 1.54) is 31.3 Å². The smallest absolute Gasteiger partial charge is 0.141 e. The average molecular weight is 471 g/mol. The summed E-state index contributed by atoms with van der Waals surface area (Å²) in [6.45, 7) is 6.79. The largest absolute Gasteiger partial charge is 0.393 e. The maximum atomic E-state index is 12.5. The van der Waals surface area contributed by atoms with Gasteiger partial charge in [0.2, 0.25) is 0 Å². The molecule has 4 saturated carbocycles. The molecule has 4 heteroatoms. The fourth-order valence-corrected chi connectivity index (χ4v) is 7.62. The van der Waals surface area contributed by atoms with E-state index in [1.54, 1.807) is 0 Å². The predicted octanol–water partition coefficient (Wildman–Crippen LogP) is 5.66. The number of aliphatic hydroxyl groups excluding tert-OH is 3. The molecule has 0 spiro atoms. The summed E-state index contributed by atoms with van der Waals surface area (Å²) in [5, 5.41) is 30.9. The van der Waals surface area contributed by atoms with Gasteiger partial charge in [-0.1, -0.05) is 56.2 Å². The maximum absolute atomic E-state index is 12.5. The molecule has 4 aliphatic rings. The van der Waals surface area contributed by atoms with Crippen LogP contribution in [0.3, 0.4) is 0 Å². The van der Waals surface area contributed by atoms with Crippen molar-refractivity contribution in [2.24, 2.45) is 28.6 Å². The van der Waals surface area contributed by atoms with Gasteiger partial charge < -0.3 is 15.3 Å². The van der Waals surface area contributed by atoms with E-state index in [4.69, 9.17) is 0 Å². The molecule has 0 heterocycles. The molecule has 0 aliphatic heterocycles. The molecule has 0 unspecified atom stereocenters. The third kappa shape index (κ3) is 5.15. The van der Waals surface area contributed by atoms with Gasteiger partial charge in [-0.3, -0.25) is 4.79 Å². The minimum atomic E-state index is -0.645. The summed E-state index contributed by atoms with van der Waals surface area (Å²) < 4.78 is 0. The van der Waals surface area contributed by atoms with Gasteiger partial charge in [0.1, 0.15) is 5.78 Å². The molecule has 3 N–H and O–H groups in total. The predicted molar refractivity (Wildman–Crippen MR) is 136 cm³/mol. The van der Waals surface area contributed by atoms with E-state index in [9.17, 15) is 20.1 Å². The molecule has 4 aliphatic carbocycles. The van der Waals surface area contributed by atoms with Gasteiger partial charge >= 0.3 is 0 Å². The van der Waals surface area contributed by atoms with E-state index in [-0.39, 0.29) is 11.2 Å². The van der Waals surface area contributed by atoms with E-state index in [0.717, 1.165) is 31.3 Å². The second-order valence-corrected chi connectivity index (χ2v) is 12.1. The van der Waals surface area contributed by atoms with E-state index in [1.807, 2.05) is 13.0 Å². The number of ketones is 1. The zero-order valence-electron chi connectivity index (χ0n) is 21.5. The number of fused-ring (bicyclic) bond motifs is 1. The molecule has 7 atom stereocenters. The summed E-state index contributed by atoms with van der Waals surface area (Å²) in [5.74, 6) is 1.78. The fraction of sp³-hybridized carbons (Fsp3) is 0.767. The molecule has 4 nitrogen and oxygen atoms in total. The maximum Gasteiger partial charge on any atom is 0.141 e. The number of aliphatic hydroxyl groups is 3. The minimum Gasteiger partial charge on any atom is -0.393 e. The first kappa shape index (κ1) is 25.9. The SMILES string of the molecule is CCCC(=O)C1([C@@H](O)/C=C/[C@@H](C)[C@H]2CC[C@H]3/C(=C/C=C4C[C@@H](O)C[C@H](O)C4)CCC[C@]23C)CC1. The van der Waals surface area contributed by atoms with Crippen molar-refractivity contribution in [3.8, 4) is 0 Å². The first-order valence-corrected chi connectivity index (χ1v) is 13.8. The summed E-state index contributed by atoms with van der Waals surface area (Å²) in [4.78, 5) is 12.5. The van der Waals surface area contributed by atoms with Crippen molar-refractivity contribution in [3.05, 3.63) is 35.5 Å². The number of hydrogen-bond acceptors (Lipinski definition) is 4. The van der Waals surface area contributed by atoms with Gasteiger partial charge in [-0.2, -0.15) is 0 Å². The highest BCUT2D eigenvalue weighted by molar-refractivity contribution is 5.88. The monoisotopic (exact) mass is 470 g/mol. The Labute approximate surface area is 206 Å². The Morgan fingerprint density at radius 1 is 1.09 bits per heavy atom. The second kappa shape index (κ2) is 10.4. The van der Waals surface area contributed by atoms with Crippen LogP contribution in [0.5, 0.6) is 0 Å². The Hall–Kier alpha value is -1.23. The average Bonchev–Trinajstić information content (AvgIpc) is 3.52.